The molecule has 30 heavy (non-hydrogen) atoms. The van der Waals surface area contributed by atoms with Crippen LogP contribution in [0.2, 0.25) is 15.1 Å². The van der Waals surface area contributed by atoms with Gasteiger partial charge in [0.15, 0.2) is 5.16 Å². The Hall–Kier alpha value is -2.12. The summed E-state index contributed by atoms with van der Waals surface area (Å²) in [4.78, 5) is 11.8. The fourth-order valence-corrected chi connectivity index (χ4v) is 4.82. The van der Waals surface area contributed by atoms with Crippen LogP contribution in [-0.4, -0.2) is 19.2 Å². The minimum atomic E-state index is -1.40. The molecule has 2 heterocycles. The Morgan fingerprint density at radius 3 is 2.57 bits per heavy atom. The summed E-state index contributed by atoms with van der Waals surface area (Å²) in [7, 11) is -1.40. The quantitative estimate of drug-likeness (QED) is 0.361. The van der Waals surface area contributed by atoms with Gasteiger partial charge in [-0.2, -0.15) is 0 Å². The van der Waals surface area contributed by atoms with Crippen LogP contribution >= 0.6 is 34.8 Å². The van der Waals surface area contributed by atoms with Gasteiger partial charge < -0.3 is 9.72 Å². The smallest absolute Gasteiger partial charge is 0.197 e. The van der Waals surface area contributed by atoms with Gasteiger partial charge in [0.25, 0.3) is 0 Å². The van der Waals surface area contributed by atoms with Gasteiger partial charge in [-0.25, -0.2) is 4.98 Å². The topological polar surface area (TPSA) is 67.9 Å². The SMILES string of the molecule is Cc1c(OCc2cc(Cl)cc(Cl)c2)ccnc1CS(=O)c1nc2ccc(Cl)cc2[nH]1. The van der Waals surface area contributed by atoms with E-state index in [9.17, 15) is 4.21 Å². The number of halogens is 3. The van der Waals surface area contributed by atoms with E-state index < -0.39 is 10.8 Å². The zero-order valence-electron chi connectivity index (χ0n) is 15.8. The summed E-state index contributed by atoms with van der Waals surface area (Å²) in [6, 6.07) is 12.3. The molecule has 1 N–H and O–H groups in total. The lowest BCUT2D eigenvalue weighted by molar-refractivity contribution is 0.303. The molecule has 0 radical (unpaired) electrons. The standard InChI is InChI=1S/C21H16Cl3N3O2S/c1-12-19(11-30(28)21-26-17-3-2-14(22)9-18(17)27-21)25-5-4-20(12)29-10-13-6-15(23)8-16(24)7-13/h2-9H,10-11H2,1H3,(H,26,27). The summed E-state index contributed by atoms with van der Waals surface area (Å²) in [5.41, 5.74) is 3.80. The van der Waals surface area contributed by atoms with E-state index in [1.165, 1.54) is 0 Å². The van der Waals surface area contributed by atoms with Crippen molar-refractivity contribution in [2.75, 3.05) is 0 Å². The number of aromatic amines is 1. The molecule has 4 aromatic rings. The highest BCUT2D eigenvalue weighted by molar-refractivity contribution is 7.84. The molecule has 0 fully saturated rings. The number of ether oxygens (including phenoxy) is 1. The number of H-pyrrole nitrogens is 1. The summed E-state index contributed by atoms with van der Waals surface area (Å²) in [5, 5.41) is 2.08. The van der Waals surface area contributed by atoms with Gasteiger partial charge in [-0.15, -0.1) is 0 Å². The monoisotopic (exact) mass is 479 g/mol. The highest BCUT2D eigenvalue weighted by Crippen LogP contribution is 2.25. The first-order valence-electron chi connectivity index (χ1n) is 8.95. The summed E-state index contributed by atoms with van der Waals surface area (Å²) in [6.45, 7) is 2.19. The number of aromatic nitrogens is 3. The average molecular weight is 481 g/mol. The van der Waals surface area contributed by atoms with Gasteiger partial charge >= 0.3 is 0 Å². The van der Waals surface area contributed by atoms with Gasteiger partial charge in [0.05, 0.1) is 33.3 Å². The van der Waals surface area contributed by atoms with Crippen molar-refractivity contribution in [1.82, 2.24) is 15.0 Å². The maximum atomic E-state index is 12.9. The van der Waals surface area contributed by atoms with Crippen molar-refractivity contribution in [2.45, 2.75) is 24.4 Å². The molecule has 1 atom stereocenters. The van der Waals surface area contributed by atoms with Crippen molar-refractivity contribution in [3.05, 3.63) is 80.6 Å². The minimum absolute atomic E-state index is 0.208. The number of imidazole rings is 1. The third-order valence-corrected chi connectivity index (χ3v) is 6.31. The zero-order valence-corrected chi connectivity index (χ0v) is 18.9. The number of nitrogens with zero attached hydrogens (tertiary/aromatic N) is 2. The third-order valence-electron chi connectivity index (χ3n) is 4.48. The van der Waals surface area contributed by atoms with E-state index in [4.69, 9.17) is 39.5 Å². The van der Waals surface area contributed by atoms with Crippen LogP contribution in [0.1, 0.15) is 16.8 Å². The Morgan fingerprint density at radius 2 is 1.80 bits per heavy atom. The Kier molecular flexibility index (Phi) is 6.29. The molecule has 2 aromatic carbocycles. The largest absolute Gasteiger partial charge is 0.489 e. The summed E-state index contributed by atoms with van der Waals surface area (Å²) >= 11 is 18.1. The fourth-order valence-electron chi connectivity index (χ4n) is 2.98. The Labute approximate surface area is 190 Å². The van der Waals surface area contributed by atoms with Crippen molar-refractivity contribution in [3.63, 3.8) is 0 Å². The second kappa shape index (κ2) is 8.94. The second-order valence-corrected chi connectivity index (χ2v) is 9.32. The molecule has 0 aliphatic carbocycles. The normalized spacial score (nSPS) is 12.3. The van der Waals surface area contributed by atoms with E-state index in [2.05, 4.69) is 15.0 Å². The first kappa shape index (κ1) is 21.1. The molecule has 4 rings (SSSR count). The molecule has 5 nitrogen and oxygen atoms in total. The van der Waals surface area contributed by atoms with Gasteiger partial charge in [-0.1, -0.05) is 34.8 Å². The molecule has 0 aliphatic rings. The van der Waals surface area contributed by atoms with Crippen molar-refractivity contribution < 1.29 is 8.95 Å². The first-order valence-corrected chi connectivity index (χ1v) is 11.4. The summed E-state index contributed by atoms with van der Waals surface area (Å²) in [6.07, 6.45) is 1.64. The zero-order chi connectivity index (χ0) is 21.3. The van der Waals surface area contributed by atoms with Gasteiger partial charge in [-0.3, -0.25) is 9.19 Å². The van der Waals surface area contributed by atoms with Gasteiger partial charge in [0.1, 0.15) is 12.4 Å². The van der Waals surface area contributed by atoms with Crippen molar-refractivity contribution in [1.29, 1.82) is 0 Å². The molecule has 154 valence electrons. The Bertz CT molecular complexity index is 1240. The maximum absolute atomic E-state index is 12.9. The number of benzene rings is 2. The number of hydrogen-bond donors (Lipinski definition) is 1. The molecule has 0 saturated carbocycles. The molecular weight excluding hydrogens is 465 g/mol. The van der Waals surface area contributed by atoms with Crippen LogP contribution in [0.3, 0.4) is 0 Å². The Balaban J connectivity index is 1.51. The van der Waals surface area contributed by atoms with Crippen molar-refractivity contribution in [3.8, 4) is 5.75 Å². The molecule has 0 aliphatic heterocycles. The van der Waals surface area contributed by atoms with Crippen LogP contribution in [0.5, 0.6) is 5.75 Å². The highest BCUT2D eigenvalue weighted by Gasteiger charge is 2.15. The Morgan fingerprint density at radius 1 is 1.03 bits per heavy atom. The maximum Gasteiger partial charge on any atom is 0.197 e. The van der Waals surface area contributed by atoms with E-state index in [1.807, 2.05) is 6.92 Å². The average Bonchev–Trinajstić information content (AvgIpc) is 3.11. The number of fused-ring (bicyclic) bond motifs is 1. The molecule has 2 aromatic heterocycles. The van der Waals surface area contributed by atoms with Crippen LogP contribution in [0.4, 0.5) is 0 Å². The van der Waals surface area contributed by atoms with Crippen LogP contribution in [0.15, 0.2) is 53.8 Å². The number of nitrogens with one attached hydrogen (secondary N) is 1. The van der Waals surface area contributed by atoms with E-state index in [-0.39, 0.29) is 5.75 Å². The van der Waals surface area contributed by atoms with Crippen LogP contribution < -0.4 is 4.74 Å². The van der Waals surface area contributed by atoms with Crippen LogP contribution in [0, 0.1) is 6.92 Å². The fraction of sp³-hybridized carbons (Fsp3) is 0.143. The number of hydrogen-bond acceptors (Lipinski definition) is 4. The molecule has 0 bridgehead atoms. The van der Waals surface area contributed by atoms with Gasteiger partial charge in [0.2, 0.25) is 0 Å². The predicted octanol–water partition coefficient (Wildman–Crippen LogP) is 6.11. The number of pyridine rings is 1. The number of rotatable bonds is 6. The molecular formula is C21H16Cl3N3O2S. The molecule has 0 spiro atoms. The van der Waals surface area contributed by atoms with Gasteiger partial charge in [-0.05, 0) is 55.0 Å². The third kappa shape index (κ3) is 4.78. The second-order valence-electron chi connectivity index (χ2n) is 6.64. The van der Waals surface area contributed by atoms with E-state index in [0.29, 0.717) is 43.8 Å². The van der Waals surface area contributed by atoms with Crippen LogP contribution in [-0.2, 0) is 23.2 Å². The predicted molar refractivity (Wildman–Crippen MR) is 121 cm³/mol. The van der Waals surface area contributed by atoms with Gasteiger partial charge in [0, 0.05) is 26.8 Å². The van der Waals surface area contributed by atoms with Crippen LogP contribution in [0.25, 0.3) is 11.0 Å². The van der Waals surface area contributed by atoms with E-state index in [1.54, 1.807) is 48.7 Å². The summed E-state index contributed by atoms with van der Waals surface area (Å²) < 4.78 is 18.8. The molecule has 0 amide bonds. The first-order chi connectivity index (χ1) is 14.4. The summed E-state index contributed by atoms with van der Waals surface area (Å²) in [5.74, 6) is 0.865. The molecule has 9 heteroatoms. The highest BCUT2D eigenvalue weighted by atomic mass is 35.5. The van der Waals surface area contributed by atoms with Crippen molar-refractivity contribution in [2.24, 2.45) is 0 Å². The lowest BCUT2D eigenvalue weighted by Crippen LogP contribution is -2.05. The molecule has 1 unspecified atom stereocenters. The lowest BCUT2D eigenvalue weighted by Gasteiger charge is -2.12. The molecule has 0 saturated heterocycles. The minimum Gasteiger partial charge on any atom is -0.489 e. The van der Waals surface area contributed by atoms with Crippen molar-refractivity contribution >= 4 is 56.6 Å². The lowest BCUT2D eigenvalue weighted by atomic mass is 10.2. The van der Waals surface area contributed by atoms with E-state index in [0.717, 1.165) is 16.6 Å². The van der Waals surface area contributed by atoms with E-state index >= 15 is 0 Å².